The Hall–Kier alpha value is -3.27. The second-order valence-electron chi connectivity index (χ2n) is 6.77. The molecule has 0 spiro atoms. The van der Waals surface area contributed by atoms with Crippen LogP contribution in [0.25, 0.3) is 21.8 Å². The van der Waals surface area contributed by atoms with Gasteiger partial charge in [-0.3, -0.25) is 4.79 Å². The van der Waals surface area contributed by atoms with Gasteiger partial charge in [0, 0.05) is 28.4 Å². The number of esters is 1. The second-order valence-corrected chi connectivity index (χ2v) is 6.77. The molecule has 4 aromatic rings. The number of carbonyl (C=O) groups excluding carboxylic acids is 1. The molecule has 3 aromatic carbocycles. The minimum absolute atomic E-state index is 0.0476. The Bertz CT molecular complexity index is 1140. The van der Waals surface area contributed by atoms with Crippen LogP contribution in [-0.4, -0.2) is 22.8 Å². The summed E-state index contributed by atoms with van der Waals surface area (Å²) in [5, 5.41) is 13.2. The van der Waals surface area contributed by atoms with Gasteiger partial charge in [-0.2, -0.15) is 0 Å². The molecule has 136 valence electrons. The maximum atomic E-state index is 11.8. The van der Waals surface area contributed by atoms with Crippen LogP contribution in [0.5, 0.6) is 5.75 Å². The minimum atomic E-state index is -0.366. The van der Waals surface area contributed by atoms with Crippen LogP contribution >= 0.6 is 0 Å². The normalized spacial score (nSPS) is 11.2. The van der Waals surface area contributed by atoms with Crippen molar-refractivity contribution < 1.29 is 14.6 Å². The number of aromatic hydroxyl groups is 1. The number of rotatable bonds is 4. The number of fused-ring (bicyclic) bond motifs is 3. The van der Waals surface area contributed by atoms with Crippen LogP contribution in [0.1, 0.15) is 16.7 Å². The molecule has 0 aliphatic heterocycles. The number of para-hydroxylation sites is 1. The summed E-state index contributed by atoms with van der Waals surface area (Å²) in [4.78, 5) is 11.8. The Morgan fingerprint density at radius 2 is 1.78 bits per heavy atom. The molecule has 0 radical (unpaired) electrons. The van der Waals surface area contributed by atoms with E-state index in [0.29, 0.717) is 12.1 Å². The molecule has 4 heteroatoms. The van der Waals surface area contributed by atoms with Crippen molar-refractivity contribution in [1.29, 1.82) is 0 Å². The average Bonchev–Trinajstić information content (AvgIpc) is 3.02. The highest BCUT2D eigenvalue weighted by molar-refractivity contribution is 6.12. The first-order valence-electron chi connectivity index (χ1n) is 8.93. The van der Waals surface area contributed by atoms with Crippen LogP contribution in [0.15, 0.2) is 60.7 Å². The van der Waals surface area contributed by atoms with Crippen LogP contribution in [0, 0.1) is 6.92 Å². The van der Waals surface area contributed by atoms with Crippen molar-refractivity contribution in [3.8, 4) is 5.75 Å². The molecule has 1 heterocycles. The van der Waals surface area contributed by atoms with Gasteiger partial charge in [-0.15, -0.1) is 0 Å². The summed E-state index contributed by atoms with van der Waals surface area (Å²) in [6, 6.07) is 20.2. The van der Waals surface area contributed by atoms with Crippen molar-refractivity contribution in [3.05, 3.63) is 77.4 Å². The summed E-state index contributed by atoms with van der Waals surface area (Å²) in [6.07, 6.45) is 0.0476. The van der Waals surface area contributed by atoms with Crippen molar-refractivity contribution in [2.75, 3.05) is 7.11 Å². The molecular weight excluding hydrogens is 338 g/mol. The zero-order valence-electron chi connectivity index (χ0n) is 15.4. The van der Waals surface area contributed by atoms with E-state index in [4.69, 9.17) is 4.74 Å². The lowest BCUT2D eigenvalue weighted by Gasteiger charge is -2.12. The average molecular weight is 359 g/mol. The topological polar surface area (TPSA) is 51.5 Å². The molecule has 0 amide bonds. The van der Waals surface area contributed by atoms with Crippen LogP contribution in [0.2, 0.25) is 0 Å². The maximum Gasteiger partial charge on any atom is 0.310 e. The third-order valence-corrected chi connectivity index (χ3v) is 5.03. The van der Waals surface area contributed by atoms with Crippen molar-refractivity contribution in [2.24, 2.45) is 0 Å². The number of hydrogen-bond donors (Lipinski definition) is 1. The van der Waals surface area contributed by atoms with Gasteiger partial charge >= 0.3 is 5.97 Å². The number of methoxy groups -OCH3 is 1. The molecule has 0 fully saturated rings. The minimum Gasteiger partial charge on any atom is -0.505 e. The standard InChI is InChI=1S/C23H21NO3/c1-15-12-17(13-20(25)27-2)23(26)22-21(15)18-10-6-7-11-19(18)24(22)14-16-8-4-3-5-9-16/h3-12,26H,13-14H2,1-2H3. The highest BCUT2D eigenvalue weighted by Gasteiger charge is 2.20. The van der Waals surface area contributed by atoms with E-state index in [9.17, 15) is 9.90 Å². The summed E-state index contributed by atoms with van der Waals surface area (Å²) in [7, 11) is 1.36. The van der Waals surface area contributed by atoms with Crippen molar-refractivity contribution in [2.45, 2.75) is 19.9 Å². The number of carbonyl (C=O) groups is 1. The van der Waals surface area contributed by atoms with Gasteiger partial charge in [0.05, 0.1) is 19.0 Å². The first kappa shape index (κ1) is 17.2. The summed E-state index contributed by atoms with van der Waals surface area (Å²) < 4.78 is 6.92. The zero-order chi connectivity index (χ0) is 19.0. The van der Waals surface area contributed by atoms with E-state index in [1.807, 2.05) is 43.3 Å². The van der Waals surface area contributed by atoms with Gasteiger partial charge in [-0.05, 0) is 24.1 Å². The van der Waals surface area contributed by atoms with E-state index in [1.165, 1.54) is 7.11 Å². The number of nitrogens with zero attached hydrogens (tertiary/aromatic N) is 1. The number of phenols is 1. The van der Waals surface area contributed by atoms with Gasteiger partial charge < -0.3 is 14.4 Å². The van der Waals surface area contributed by atoms with Gasteiger partial charge in [0.1, 0.15) is 5.75 Å². The lowest BCUT2D eigenvalue weighted by atomic mass is 10.0. The fourth-order valence-corrected chi connectivity index (χ4v) is 3.80. The molecule has 0 bridgehead atoms. The van der Waals surface area contributed by atoms with Gasteiger partial charge in [-0.1, -0.05) is 54.6 Å². The highest BCUT2D eigenvalue weighted by atomic mass is 16.5. The largest absolute Gasteiger partial charge is 0.505 e. The van der Waals surface area contributed by atoms with E-state index in [1.54, 1.807) is 0 Å². The van der Waals surface area contributed by atoms with E-state index in [-0.39, 0.29) is 18.1 Å². The van der Waals surface area contributed by atoms with Crippen LogP contribution < -0.4 is 0 Å². The molecule has 1 aromatic heterocycles. The van der Waals surface area contributed by atoms with Gasteiger partial charge in [0.25, 0.3) is 0 Å². The van der Waals surface area contributed by atoms with Gasteiger partial charge in [0.15, 0.2) is 0 Å². The molecule has 27 heavy (non-hydrogen) atoms. The first-order chi connectivity index (χ1) is 13.1. The van der Waals surface area contributed by atoms with Crippen LogP contribution in [-0.2, 0) is 22.5 Å². The number of ether oxygens (including phenoxy) is 1. The quantitative estimate of drug-likeness (QED) is 0.543. The molecule has 4 nitrogen and oxygen atoms in total. The number of aromatic nitrogens is 1. The van der Waals surface area contributed by atoms with Crippen molar-refractivity contribution in [1.82, 2.24) is 4.57 Å². The number of hydrogen-bond acceptors (Lipinski definition) is 3. The summed E-state index contributed by atoms with van der Waals surface area (Å²) in [5.41, 5.74) is 4.59. The molecule has 0 atom stereocenters. The molecule has 0 saturated carbocycles. The molecular formula is C23H21NO3. The smallest absolute Gasteiger partial charge is 0.310 e. The Morgan fingerprint density at radius 3 is 2.52 bits per heavy atom. The third-order valence-electron chi connectivity index (χ3n) is 5.03. The second kappa shape index (κ2) is 6.80. The molecule has 0 aliphatic rings. The Morgan fingerprint density at radius 1 is 1.07 bits per heavy atom. The summed E-state index contributed by atoms with van der Waals surface area (Å²) in [6.45, 7) is 2.65. The summed E-state index contributed by atoms with van der Waals surface area (Å²) >= 11 is 0. The molecule has 0 unspecified atom stereocenters. The predicted molar refractivity (Wildman–Crippen MR) is 107 cm³/mol. The number of phenolic OH excluding ortho intramolecular Hbond substituents is 1. The first-order valence-corrected chi connectivity index (χ1v) is 8.93. The Balaban J connectivity index is 2.02. The number of benzene rings is 3. The van der Waals surface area contributed by atoms with Crippen LogP contribution in [0.3, 0.4) is 0 Å². The van der Waals surface area contributed by atoms with Crippen molar-refractivity contribution in [3.63, 3.8) is 0 Å². The van der Waals surface area contributed by atoms with Crippen molar-refractivity contribution >= 4 is 27.8 Å². The highest BCUT2D eigenvalue weighted by Crippen LogP contribution is 2.39. The zero-order valence-corrected chi connectivity index (χ0v) is 15.4. The van der Waals surface area contributed by atoms with E-state index in [2.05, 4.69) is 28.8 Å². The third kappa shape index (κ3) is 2.93. The SMILES string of the molecule is COC(=O)Cc1cc(C)c2c3ccccc3n(Cc3ccccc3)c2c1O. The summed E-state index contributed by atoms with van der Waals surface area (Å²) in [5.74, 6) is -0.220. The maximum absolute atomic E-state index is 11.8. The van der Waals surface area contributed by atoms with E-state index >= 15 is 0 Å². The van der Waals surface area contributed by atoms with Gasteiger partial charge in [-0.25, -0.2) is 0 Å². The van der Waals surface area contributed by atoms with Crippen LogP contribution in [0.4, 0.5) is 0 Å². The fourth-order valence-electron chi connectivity index (χ4n) is 3.80. The molecule has 0 saturated heterocycles. The fraction of sp³-hybridized carbons (Fsp3) is 0.174. The lowest BCUT2D eigenvalue weighted by Crippen LogP contribution is -2.06. The lowest BCUT2D eigenvalue weighted by molar-refractivity contribution is -0.139. The monoisotopic (exact) mass is 359 g/mol. The Labute approximate surface area is 157 Å². The predicted octanol–water partition coefficient (Wildman–Crippen LogP) is 4.57. The molecule has 1 N–H and O–H groups in total. The molecule has 0 aliphatic carbocycles. The number of aryl methyl sites for hydroxylation is 1. The van der Waals surface area contributed by atoms with Gasteiger partial charge in [0.2, 0.25) is 0 Å². The van der Waals surface area contributed by atoms with E-state index < -0.39 is 0 Å². The van der Waals surface area contributed by atoms with E-state index in [0.717, 1.165) is 32.9 Å². The molecule has 4 rings (SSSR count). The Kier molecular flexibility index (Phi) is 4.32.